The van der Waals surface area contributed by atoms with E-state index in [4.69, 9.17) is 11.6 Å². The van der Waals surface area contributed by atoms with Crippen LogP contribution < -0.4 is 0 Å². The van der Waals surface area contributed by atoms with Crippen LogP contribution in [0.25, 0.3) is 0 Å². The third kappa shape index (κ3) is 2.90. The van der Waals surface area contributed by atoms with Gasteiger partial charge in [-0.2, -0.15) is 4.31 Å². The normalized spacial score (nSPS) is 14.1. The fraction of sp³-hybridized carbons (Fsp3) is 0.444. The maximum Gasteiger partial charge on any atom is 0.263 e. The Balaban J connectivity index is 3.08. The number of hydrogen-bond donors (Lipinski definition) is 0. The molecule has 1 aromatic heterocycles. The molecule has 0 aliphatic heterocycles. The Morgan fingerprint density at radius 2 is 2.25 bits per heavy atom. The van der Waals surface area contributed by atoms with Crippen molar-refractivity contribution in [3.8, 4) is 0 Å². The minimum atomic E-state index is -3.90. The first kappa shape index (κ1) is 13.3. The summed E-state index contributed by atoms with van der Waals surface area (Å²) in [5, 5.41) is -0.929. The smallest absolute Gasteiger partial charge is 0.241 e. The van der Waals surface area contributed by atoms with Gasteiger partial charge in [0.15, 0.2) is 5.82 Å². The summed E-state index contributed by atoms with van der Waals surface area (Å²) in [5.74, 6) is -0.864. The molecule has 0 aromatic carbocycles. The van der Waals surface area contributed by atoms with Crippen LogP contribution in [0.1, 0.15) is 6.92 Å². The molecule has 1 unspecified atom stereocenters. The van der Waals surface area contributed by atoms with E-state index in [-0.39, 0.29) is 11.9 Å². The average molecular weight is 267 g/mol. The second-order valence-corrected chi connectivity index (χ2v) is 6.06. The summed E-state index contributed by atoms with van der Waals surface area (Å²) < 4.78 is 38.0. The van der Waals surface area contributed by atoms with Crippen molar-refractivity contribution < 1.29 is 12.8 Å². The maximum atomic E-state index is 13.3. The zero-order valence-corrected chi connectivity index (χ0v) is 10.5. The minimum Gasteiger partial charge on any atom is -0.241 e. The van der Waals surface area contributed by atoms with E-state index in [1.165, 1.54) is 19.3 Å². The second-order valence-electron chi connectivity index (χ2n) is 3.36. The highest BCUT2D eigenvalue weighted by molar-refractivity contribution is 7.89. The first-order chi connectivity index (χ1) is 7.35. The molecular formula is C9H12ClFN2O2S. The third-order valence-corrected chi connectivity index (χ3v) is 3.78. The van der Waals surface area contributed by atoms with Gasteiger partial charge in [-0.15, -0.1) is 11.6 Å². The molecule has 90 valence electrons. The van der Waals surface area contributed by atoms with Gasteiger partial charge in [0.25, 0.3) is 10.0 Å². The lowest BCUT2D eigenvalue weighted by atomic mass is 10.5. The number of sulfonamides is 1. The molecule has 0 saturated heterocycles. The van der Waals surface area contributed by atoms with Crippen LogP contribution in [-0.4, -0.2) is 36.7 Å². The SMILES string of the molecule is CC(Cl)CN(C)S(=O)(=O)c1ncccc1F. The molecule has 0 N–H and O–H groups in total. The first-order valence-electron chi connectivity index (χ1n) is 4.56. The molecule has 4 nitrogen and oxygen atoms in total. The topological polar surface area (TPSA) is 50.3 Å². The largest absolute Gasteiger partial charge is 0.263 e. The average Bonchev–Trinajstić information content (AvgIpc) is 2.16. The van der Waals surface area contributed by atoms with E-state index < -0.39 is 20.9 Å². The monoisotopic (exact) mass is 266 g/mol. The number of aromatic nitrogens is 1. The zero-order valence-electron chi connectivity index (χ0n) is 8.89. The van der Waals surface area contributed by atoms with Crippen LogP contribution in [0.2, 0.25) is 0 Å². The molecule has 0 bridgehead atoms. The van der Waals surface area contributed by atoms with Crippen molar-refractivity contribution in [1.29, 1.82) is 0 Å². The molecule has 0 aliphatic carbocycles. The van der Waals surface area contributed by atoms with E-state index in [0.717, 1.165) is 10.4 Å². The number of rotatable bonds is 4. The number of pyridine rings is 1. The molecule has 16 heavy (non-hydrogen) atoms. The van der Waals surface area contributed by atoms with Gasteiger partial charge in [-0.25, -0.2) is 17.8 Å². The fourth-order valence-electron chi connectivity index (χ4n) is 1.16. The van der Waals surface area contributed by atoms with Gasteiger partial charge in [0, 0.05) is 25.2 Å². The summed E-state index contributed by atoms with van der Waals surface area (Å²) in [5.41, 5.74) is 0. The van der Waals surface area contributed by atoms with Crippen LogP contribution >= 0.6 is 11.6 Å². The Morgan fingerprint density at radius 1 is 1.62 bits per heavy atom. The van der Waals surface area contributed by atoms with Gasteiger partial charge in [0.2, 0.25) is 5.03 Å². The third-order valence-electron chi connectivity index (χ3n) is 1.89. The van der Waals surface area contributed by atoms with Crippen LogP contribution in [0.3, 0.4) is 0 Å². The Morgan fingerprint density at radius 3 is 2.75 bits per heavy atom. The van der Waals surface area contributed by atoms with Crippen molar-refractivity contribution in [1.82, 2.24) is 9.29 Å². The van der Waals surface area contributed by atoms with Gasteiger partial charge in [0.05, 0.1) is 0 Å². The zero-order chi connectivity index (χ0) is 12.3. The molecule has 1 atom stereocenters. The molecule has 1 aromatic rings. The van der Waals surface area contributed by atoms with Crippen molar-refractivity contribution in [2.75, 3.05) is 13.6 Å². The van der Waals surface area contributed by atoms with Crippen molar-refractivity contribution in [3.63, 3.8) is 0 Å². The molecule has 0 fully saturated rings. The lowest BCUT2D eigenvalue weighted by Gasteiger charge is -2.17. The van der Waals surface area contributed by atoms with E-state index in [0.29, 0.717) is 0 Å². The van der Waals surface area contributed by atoms with E-state index in [2.05, 4.69) is 4.98 Å². The highest BCUT2D eigenvalue weighted by atomic mass is 35.5. The van der Waals surface area contributed by atoms with Gasteiger partial charge < -0.3 is 0 Å². The van der Waals surface area contributed by atoms with Crippen LogP contribution in [0.4, 0.5) is 4.39 Å². The number of halogens is 2. The van der Waals surface area contributed by atoms with E-state index in [1.807, 2.05) is 0 Å². The fourth-order valence-corrected chi connectivity index (χ4v) is 2.67. The molecule has 0 aliphatic rings. The minimum absolute atomic E-state index is 0.0971. The Labute approximate surface area is 99.1 Å². The number of hydrogen-bond acceptors (Lipinski definition) is 3. The van der Waals surface area contributed by atoms with Crippen LogP contribution in [-0.2, 0) is 10.0 Å². The van der Waals surface area contributed by atoms with Crippen molar-refractivity contribution in [2.45, 2.75) is 17.3 Å². The lowest BCUT2D eigenvalue weighted by molar-refractivity contribution is 0.458. The quantitative estimate of drug-likeness (QED) is 0.776. The second kappa shape index (κ2) is 5.07. The Bertz CT molecular complexity index is 464. The first-order valence-corrected chi connectivity index (χ1v) is 6.44. The summed E-state index contributed by atoms with van der Waals surface area (Å²) >= 11 is 5.69. The molecule has 0 radical (unpaired) electrons. The molecule has 0 saturated carbocycles. The van der Waals surface area contributed by atoms with Crippen molar-refractivity contribution >= 4 is 21.6 Å². The predicted octanol–water partition coefficient (Wildman–Crippen LogP) is 1.47. The molecule has 1 heterocycles. The molecule has 0 amide bonds. The Hall–Kier alpha value is -0.720. The maximum absolute atomic E-state index is 13.3. The summed E-state index contributed by atoms with van der Waals surface area (Å²) in [4.78, 5) is 3.53. The number of nitrogens with zero attached hydrogens (tertiary/aromatic N) is 2. The van der Waals surface area contributed by atoms with Gasteiger partial charge >= 0.3 is 0 Å². The summed E-state index contributed by atoms with van der Waals surface area (Å²) in [6.07, 6.45) is 1.23. The molecule has 7 heteroatoms. The lowest BCUT2D eigenvalue weighted by Crippen LogP contribution is -2.32. The van der Waals surface area contributed by atoms with Crippen LogP contribution in [0.5, 0.6) is 0 Å². The predicted molar refractivity (Wildman–Crippen MR) is 59.3 cm³/mol. The number of alkyl halides is 1. The van der Waals surface area contributed by atoms with E-state index in [1.54, 1.807) is 6.92 Å². The summed E-state index contributed by atoms with van der Waals surface area (Å²) in [6.45, 7) is 1.75. The molecule has 1 rings (SSSR count). The van der Waals surface area contributed by atoms with Gasteiger partial charge in [-0.3, -0.25) is 0 Å². The standard InChI is InChI=1S/C9H12ClFN2O2S/c1-7(10)6-13(2)16(14,15)9-8(11)4-3-5-12-9/h3-5,7H,6H2,1-2H3. The summed E-state index contributed by atoms with van der Waals surface area (Å²) in [6, 6.07) is 2.39. The molecule has 0 spiro atoms. The highest BCUT2D eigenvalue weighted by Crippen LogP contribution is 2.15. The van der Waals surface area contributed by atoms with E-state index >= 15 is 0 Å². The van der Waals surface area contributed by atoms with Crippen LogP contribution in [0.15, 0.2) is 23.4 Å². The summed E-state index contributed by atoms with van der Waals surface area (Å²) in [7, 11) is -2.57. The molecular weight excluding hydrogens is 255 g/mol. The Kier molecular flexibility index (Phi) is 4.23. The van der Waals surface area contributed by atoms with Crippen molar-refractivity contribution in [3.05, 3.63) is 24.1 Å². The highest BCUT2D eigenvalue weighted by Gasteiger charge is 2.26. The van der Waals surface area contributed by atoms with Gasteiger partial charge in [-0.05, 0) is 19.1 Å². The van der Waals surface area contributed by atoms with Gasteiger partial charge in [0.1, 0.15) is 0 Å². The van der Waals surface area contributed by atoms with Gasteiger partial charge in [-0.1, -0.05) is 0 Å². The van der Waals surface area contributed by atoms with Crippen molar-refractivity contribution in [2.24, 2.45) is 0 Å². The van der Waals surface area contributed by atoms with Crippen LogP contribution in [0, 0.1) is 5.82 Å². The van der Waals surface area contributed by atoms with E-state index in [9.17, 15) is 12.8 Å².